The largest absolute Gasteiger partial charge is 0.472 e. The zero-order valence-corrected chi connectivity index (χ0v) is 38.2. The van der Waals surface area contributed by atoms with Gasteiger partial charge in [-0.25, -0.2) is 4.57 Å². The average Bonchev–Trinajstić information content (AvgIpc) is 3.18. The summed E-state index contributed by atoms with van der Waals surface area (Å²) in [5, 5.41) is 10.1. The predicted molar refractivity (Wildman–Crippen MR) is 244 cm³/mol. The molecular formula is C48H81NO9P+. The van der Waals surface area contributed by atoms with E-state index in [1.807, 2.05) is 33.3 Å². The Kier molecular flexibility index (Phi) is 37.0. The number of likely N-dealkylation sites (N-methyl/N-ethyl adjacent to an activating group) is 1. The third-order valence-corrected chi connectivity index (χ3v) is 9.70. The van der Waals surface area contributed by atoms with Gasteiger partial charge in [0.2, 0.25) is 0 Å². The number of hydrogen-bond acceptors (Lipinski definition) is 8. The molecular weight excluding hydrogens is 766 g/mol. The van der Waals surface area contributed by atoms with Crippen LogP contribution in [0.1, 0.15) is 136 Å². The SMILES string of the molecule is CC/C=C\C/C=C\C/C=C\C/C=C\C/C=C\CCCCCC(=O)O[C@H](COC(=O)CCCCCCCC(O)/C=C/C=C/C/C=C/CC)COP(=O)(O)OCC[N+](C)(C)C. The van der Waals surface area contributed by atoms with Crippen LogP contribution in [0.4, 0.5) is 0 Å². The smallest absolute Gasteiger partial charge is 0.462 e. The summed E-state index contributed by atoms with van der Waals surface area (Å²) in [6, 6.07) is 0. The molecule has 59 heavy (non-hydrogen) atoms. The number of allylic oxidation sites excluding steroid dienone is 15. The third-order valence-electron chi connectivity index (χ3n) is 8.71. The molecule has 0 aromatic heterocycles. The first-order chi connectivity index (χ1) is 28.4. The molecule has 336 valence electrons. The Morgan fingerprint density at radius 3 is 1.71 bits per heavy atom. The van der Waals surface area contributed by atoms with Crippen LogP contribution in [0, 0.1) is 0 Å². The van der Waals surface area contributed by atoms with E-state index in [1.54, 1.807) is 6.08 Å². The van der Waals surface area contributed by atoms with Crippen LogP contribution in [-0.2, 0) is 32.7 Å². The first kappa shape index (κ1) is 55.9. The van der Waals surface area contributed by atoms with Crippen LogP contribution >= 0.6 is 7.82 Å². The minimum atomic E-state index is -4.41. The molecule has 3 atom stereocenters. The molecule has 0 aromatic rings. The quantitative estimate of drug-likeness (QED) is 0.0156. The van der Waals surface area contributed by atoms with Gasteiger partial charge in [0, 0.05) is 12.8 Å². The molecule has 2 N–H and O–H groups in total. The number of unbranched alkanes of at least 4 members (excludes halogenated alkanes) is 7. The number of phosphoric ester groups is 1. The molecule has 0 radical (unpaired) electrons. The van der Waals surface area contributed by atoms with Gasteiger partial charge in [-0.1, -0.05) is 143 Å². The maximum atomic E-state index is 12.7. The van der Waals surface area contributed by atoms with Crippen molar-refractivity contribution in [2.75, 3.05) is 47.5 Å². The van der Waals surface area contributed by atoms with E-state index in [1.165, 1.54) is 0 Å². The number of quaternary nitrogens is 1. The third kappa shape index (κ3) is 42.8. The van der Waals surface area contributed by atoms with Crippen LogP contribution in [0.5, 0.6) is 0 Å². The maximum absolute atomic E-state index is 12.7. The number of hydrogen-bond donors (Lipinski definition) is 2. The van der Waals surface area contributed by atoms with Crippen molar-refractivity contribution in [3.8, 4) is 0 Å². The second-order valence-electron chi connectivity index (χ2n) is 15.5. The van der Waals surface area contributed by atoms with Gasteiger partial charge in [-0.15, -0.1) is 0 Å². The number of carbonyl (C=O) groups is 2. The highest BCUT2D eigenvalue weighted by atomic mass is 31.2. The zero-order valence-electron chi connectivity index (χ0n) is 37.3. The Labute approximate surface area is 358 Å². The monoisotopic (exact) mass is 847 g/mol. The topological polar surface area (TPSA) is 129 Å². The summed E-state index contributed by atoms with van der Waals surface area (Å²) in [6.45, 7) is 3.99. The molecule has 0 amide bonds. The van der Waals surface area contributed by atoms with Crippen molar-refractivity contribution in [3.63, 3.8) is 0 Å². The standard InChI is InChI=1S/C48H80NO9P/c1-6-8-10-12-14-15-16-17-18-19-20-21-22-23-24-25-27-31-36-40-48(52)58-46(44-57-59(53,54)56-42-41-49(3,4)5)43-55-47(51)39-35-32-28-30-34-38-45(50)37-33-29-26-13-11-9-7-2/h8-11,14-15,17-18,20-21,23-24,26,29,33,37,45-46,50H,6-7,12-13,16,19,22,25,27-28,30-32,34-36,38-44H2,1-5H3/p+1/b10-8-,11-9+,15-14-,18-17-,21-20-,24-23-,29-26+,37-33+/t45?,46-/m1/s1. The minimum absolute atomic E-state index is 0.00297. The van der Waals surface area contributed by atoms with E-state index in [0.717, 1.165) is 89.9 Å². The van der Waals surface area contributed by atoms with Crippen LogP contribution in [0.25, 0.3) is 0 Å². The van der Waals surface area contributed by atoms with Crippen molar-refractivity contribution in [3.05, 3.63) is 97.2 Å². The summed E-state index contributed by atoms with van der Waals surface area (Å²) in [5.41, 5.74) is 0. The molecule has 0 aliphatic heterocycles. The van der Waals surface area contributed by atoms with Crippen molar-refractivity contribution in [2.24, 2.45) is 0 Å². The summed E-state index contributed by atoms with van der Waals surface area (Å²) in [5.74, 6) is -0.925. The van der Waals surface area contributed by atoms with Gasteiger partial charge in [-0.3, -0.25) is 18.6 Å². The second kappa shape index (κ2) is 39.1. The number of nitrogens with zero attached hydrogens (tertiary/aromatic N) is 1. The molecule has 0 saturated heterocycles. The minimum Gasteiger partial charge on any atom is -0.462 e. The van der Waals surface area contributed by atoms with Gasteiger partial charge in [0.25, 0.3) is 0 Å². The number of ether oxygens (including phenoxy) is 2. The van der Waals surface area contributed by atoms with Crippen LogP contribution in [0.15, 0.2) is 97.2 Å². The van der Waals surface area contributed by atoms with E-state index in [2.05, 4.69) is 92.8 Å². The lowest BCUT2D eigenvalue weighted by Crippen LogP contribution is -2.37. The van der Waals surface area contributed by atoms with Gasteiger partial charge in [0.1, 0.15) is 19.8 Å². The normalized spacial score (nSPS) is 15.0. The van der Waals surface area contributed by atoms with Crippen LogP contribution < -0.4 is 0 Å². The fourth-order valence-corrected chi connectivity index (χ4v) is 6.02. The lowest BCUT2D eigenvalue weighted by molar-refractivity contribution is -0.870. The lowest BCUT2D eigenvalue weighted by atomic mass is 10.1. The average molecular weight is 847 g/mol. The van der Waals surface area contributed by atoms with Gasteiger partial charge in [0.05, 0.1) is 33.9 Å². The Balaban J connectivity index is 4.53. The van der Waals surface area contributed by atoms with Gasteiger partial charge in [-0.05, 0) is 77.0 Å². The molecule has 0 bridgehead atoms. The Hall–Kier alpha value is -3.11. The molecule has 10 nitrogen and oxygen atoms in total. The number of esters is 2. The molecule has 0 heterocycles. The summed E-state index contributed by atoms with van der Waals surface area (Å²) in [4.78, 5) is 35.4. The van der Waals surface area contributed by atoms with E-state index < -0.39 is 38.6 Å². The zero-order chi connectivity index (χ0) is 43.7. The van der Waals surface area contributed by atoms with E-state index in [4.69, 9.17) is 18.5 Å². The number of aliphatic hydroxyl groups excluding tert-OH is 1. The van der Waals surface area contributed by atoms with E-state index in [-0.39, 0.29) is 26.1 Å². The first-order valence-corrected chi connectivity index (χ1v) is 23.6. The van der Waals surface area contributed by atoms with Crippen molar-refractivity contribution in [1.29, 1.82) is 0 Å². The highest BCUT2D eigenvalue weighted by molar-refractivity contribution is 7.47. The molecule has 0 fully saturated rings. The number of aliphatic hydroxyl groups is 1. The highest BCUT2D eigenvalue weighted by Gasteiger charge is 2.27. The number of phosphoric acid groups is 1. The molecule has 0 rings (SSSR count). The Morgan fingerprint density at radius 2 is 1.12 bits per heavy atom. The fourth-order valence-electron chi connectivity index (χ4n) is 5.28. The highest BCUT2D eigenvalue weighted by Crippen LogP contribution is 2.43. The molecule has 2 unspecified atom stereocenters. The molecule has 0 spiro atoms. The summed E-state index contributed by atoms with van der Waals surface area (Å²) in [7, 11) is 1.38. The second-order valence-corrected chi connectivity index (χ2v) is 17.0. The predicted octanol–water partition coefficient (Wildman–Crippen LogP) is 11.5. The number of carbonyl (C=O) groups excluding carboxylic acids is 2. The summed E-state index contributed by atoms with van der Waals surface area (Å²) >= 11 is 0. The molecule has 0 aliphatic carbocycles. The Bertz CT molecular complexity index is 1340. The maximum Gasteiger partial charge on any atom is 0.472 e. The van der Waals surface area contributed by atoms with Gasteiger partial charge in [0.15, 0.2) is 6.10 Å². The molecule has 0 aliphatic rings. The van der Waals surface area contributed by atoms with Crippen molar-refractivity contribution >= 4 is 19.8 Å². The number of rotatable bonds is 38. The van der Waals surface area contributed by atoms with Gasteiger partial charge < -0.3 is 24.0 Å². The lowest BCUT2D eigenvalue weighted by Gasteiger charge is -2.24. The molecule has 0 aromatic carbocycles. The summed E-state index contributed by atoms with van der Waals surface area (Å²) in [6.07, 6.45) is 47.6. The molecule has 11 heteroatoms. The van der Waals surface area contributed by atoms with Gasteiger partial charge >= 0.3 is 19.8 Å². The van der Waals surface area contributed by atoms with Crippen molar-refractivity contribution in [2.45, 2.75) is 148 Å². The van der Waals surface area contributed by atoms with Crippen molar-refractivity contribution in [1.82, 2.24) is 0 Å². The first-order valence-electron chi connectivity index (χ1n) is 22.1. The van der Waals surface area contributed by atoms with E-state index in [9.17, 15) is 24.2 Å². The van der Waals surface area contributed by atoms with Gasteiger partial charge in [-0.2, -0.15) is 0 Å². The van der Waals surface area contributed by atoms with E-state index >= 15 is 0 Å². The Morgan fingerprint density at radius 1 is 0.610 bits per heavy atom. The summed E-state index contributed by atoms with van der Waals surface area (Å²) < 4.78 is 34.2. The van der Waals surface area contributed by atoms with E-state index in [0.29, 0.717) is 30.3 Å². The fraction of sp³-hybridized carbons (Fsp3) is 0.625. The van der Waals surface area contributed by atoms with Crippen LogP contribution in [-0.4, -0.2) is 86.1 Å². The molecule has 0 saturated carbocycles. The van der Waals surface area contributed by atoms with Crippen LogP contribution in [0.2, 0.25) is 0 Å². The van der Waals surface area contributed by atoms with Crippen LogP contribution in [0.3, 0.4) is 0 Å². The van der Waals surface area contributed by atoms with Crippen molar-refractivity contribution < 1.29 is 47.2 Å².